The fourth-order valence-electron chi connectivity index (χ4n) is 2.30. The first-order chi connectivity index (χ1) is 12.4. The van der Waals surface area contributed by atoms with Crippen molar-refractivity contribution >= 4 is 29.1 Å². The third-order valence-corrected chi connectivity index (χ3v) is 4.51. The van der Waals surface area contributed by atoms with E-state index in [-0.39, 0.29) is 36.4 Å². The van der Waals surface area contributed by atoms with Gasteiger partial charge < -0.3 is 15.7 Å². The van der Waals surface area contributed by atoms with Crippen LogP contribution >= 0.6 is 11.3 Å². The normalized spacial score (nSPS) is 11.8. The van der Waals surface area contributed by atoms with E-state index in [1.807, 2.05) is 44.2 Å². The van der Waals surface area contributed by atoms with E-state index in [9.17, 15) is 14.4 Å². The lowest BCUT2D eigenvalue weighted by molar-refractivity contribution is -0.129. The summed E-state index contributed by atoms with van der Waals surface area (Å²) in [4.78, 5) is 39.4. The maximum atomic E-state index is 12.4. The van der Waals surface area contributed by atoms with Crippen molar-refractivity contribution < 1.29 is 19.5 Å². The third kappa shape index (κ3) is 5.66. The Morgan fingerprint density at radius 2 is 1.88 bits per heavy atom. The molecular weight excluding hydrogens is 354 g/mol. The molecular formula is C18H21N3O4S. The predicted octanol–water partition coefficient (Wildman–Crippen LogP) is 1.84. The van der Waals surface area contributed by atoms with Crippen LogP contribution in [0.15, 0.2) is 35.7 Å². The molecule has 1 atom stereocenters. The molecule has 1 aromatic heterocycles. The number of nitrogens with one attached hydrogen (secondary N) is 2. The Hall–Kier alpha value is -2.74. The summed E-state index contributed by atoms with van der Waals surface area (Å²) in [5.74, 6) is -1.76. The number of benzene rings is 1. The minimum atomic E-state index is -1.10. The van der Waals surface area contributed by atoms with Crippen molar-refractivity contribution in [1.82, 2.24) is 15.6 Å². The second-order valence-electron chi connectivity index (χ2n) is 6.10. The molecule has 8 heteroatoms. The number of hydrogen-bond donors (Lipinski definition) is 3. The van der Waals surface area contributed by atoms with Crippen LogP contribution in [0.1, 0.15) is 34.9 Å². The Bertz CT molecular complexity index is 774. The molecule has 0 bridgehead atoms. The molecule has 2 aromatic rings. The van der Waals surface area contributed by atoms with Gasteiger partial charge >= 0.3 is 5.97 Å². The molecule has 2 rings (SSSR count). The van der Waals surface area contributed by atoms with Gasteiger partial charge in [-0.3, -0.25) is 9.59 Å². The molecule has 1 heterocycles. The largest absolute Gasteiger partial charge is 0.476 e. The summed E-state index contributed by atoms with van der Waals surface area (Å²) in [5, 5.41) is 16.2. The van der Waals surface area contributed by atoms with Crippen LogP contribution in [-0.2, 0) is 22.6 Å². The standard InChI is InChI=1S/C18H21N3O4S/c1-11(2)16(21-14(22)8-12-6-4-3-5-7-12)17(23)19-9-15-20-13(10-26-15)18(24)25/h3-7,10-11,16H,8-9H2,1-2H3,(H,19,23)(H,21,22)(H,24,25). The Kier molecular flexibility index (Phi) is 6.85. The van der Waals surface area contributed by atoms with Gasteiger partial charge in [0.15, 0.2) is 5.69 Å². The van der Waals surface area contributed by atoms with Gasteiger partial charge in [-0.2, -0.15) is 0 Å². The number of aromatic carboxylic acids is 1. The Balaban J connectivity index is 1.91. The van der Waals surface area contributed by atoms with Crippen molar-refractivity contribution in [3.05, 3.63) is 52.0 Å². The number of hydrogen-bond acceptors (Lipinski definition) is 5. The maximum absolute atomic E-state index is 12.4. The summed E-state index contributed by atoms with van der Waals surface area (Å²) in [6.07, 6.45) is 0.200. The van der Waals surface area contributed by atoms with Crippen molar-refractivity contribution in [3.8, 4) is 0 Å². The number of carbonyl (C=O) groups excluding carboxylic acids is 2. The van der Waals surface area contributed by atoms with Crippen molar-refractivity contribution in [2.45, 2.75) is 32.9 Å². The Morgan fingerprint density at radius 1 is 1.19 bits per heavy atom. The second kappa shape index (κ2) is 9.10. The van der Waals surface area contributed by atoms with Gasteiger partial charge in [-0.25, -0.2) is 9.78 Å². The molecule has 0 fully saturated rings. The zero-order valence-corrected chi connectivity index (χ0v) is 15.4. The topological polar surface area (TPSA) is 108 Å². The summed E-state index contributed by atoms with van der Waals surface area (Å²) in [6, 6.07) is 8.62. The average molecular weight is 375 g/mol. The lowest BCUT2D eigenvalue weighted by Crippen LogP contribution is -2.49. The van der Waals surface area contributed by atoms with Crippen molar-refractivity contribution in [2.75, 3.05) is 0 Å². The van der Waals surface area contributed by atoms with Gasteiger partial charge in [-0.05, 0) is 11.5 Å². The summed E-state index contributed by atoms with van der Waals surface area (Å²) in [6.45, 7) is 3.81. The average Bonchev–Trinajstić information content (AvgIpc) is 3.07. The highest BCUT2D eigenvalue weighted by Crippen LogP contribution is 2.10. The first kappa shape index (κ1) is 19.6. The van der Waals surface area contributed by atoms with Crippen molar-refractivity contribution in [3.63, 3.8) is 0 Å². The predicted molar refractivity (Wildman–Crippen MR) is 97.8 cm³/mol. The van der Waals surface area contributed by atoms with Crippen LogP contribution < -0.4 is 10.6 Å². The third-order valence-electron chi connectivity index (χ3n) is 3.66. The molecule has 0 aliphatic rings. The van der Waals surface area contributed by atoms with Crippen molar-refractivity contribution in [1.29, 1.82) is 0 Å². The summed E-state index contributed by atoms with van der Waals surface area (Å²) in [7, 11) is 0. The molecule has 0 saturated heterocycles. The summed E-state index contributed by atoms with van der Waals surface area (Å²) >= 11 is 1.16. The zero-order chi connectivity index (χ0) is 19.1. The van der Waals surface area contributed by atoms with Gasteiger partial charge in [0.1, 0.15) is 11.0 Å². The van der Waals surface area contributed by atoms with E-state index >= 15 is 0 Å². The minimum absolute atomic E-state index is 0.0455. The van der Waals surface area contributed by atoms with E-state index < -0.39 is 12.0 Å². The lowest BCUT2D eigenvalue weighted by atomic mass is 10.0. The molecule has 0 saturated carbocycles. The van der Waals surface area contributed by atoms with E-state index in [1.54, 1.807) is 0 Å². The van der Waals surface area contributed by atoms with Gasteiger partial charge in [0.25, 0.3) is 0 Å². The van der Waals surface area contributed by atoms with Gasteiger partial charge in [0.05, 0.1) is 13.0 Å². The number of nitrogens with zero attached hydrogens (tertiary/aromatic N) is 1. The number of amides is 2. The Labute approximate surface area is 155 Å². The quantitative estimate of drug-likeness (QED) is 0.652. The van der Waals surface area contributed by atoms with E-state index in [0.29, 0.717) is 5.01 Å². The van der Waals surface area contributed by atoms with Gasteiger partial charge in [0.2, 0.25) is 11.8 Å². The van der Waals surface area contributed by atoms with Crippen LogP contribution in [0.3, 0.4) is 0 Å². The first-order valence-corrected chi connectivity index (χ1v) is 9.03. The van der Waals surface area contributed by atoms with Crippen LogP contribution in [0.25, 0.3) is 0 Å². The van der Waals surface area contributed by atoms with Crippen molar-refractivity contribution in [2.24, 2.45) is 5.92 Å². The monoisotopic (exact) mass is 375 g/mol. The molecule has 7 nitrogen and oxygen atoms in total. The van der Waals surface area contributed by atoms with Gasteiger partial charge in [-0.15, -0.1) is 11.3 Å². The number of carboxylic acids is 1. The smallest absolute Gasteiger partial charge is 0.355 e. The fourth-order valence-corrected chi connectivity index (χ4v) is 3.01. The highest BCUT2D eigenvalue weighted by atomic mass is 32.1. The van der Waals surface area contributed by atoms with E-state index in [4.69, 9.17) is 5.11 Å². The molecule has 1 aromatic carbocycles. The molecule has 0 aliphatic carbocycles. The molecule has 0 radical (unpaired) electrons. The molecule has 3 N–H and O–H groups in total. The molecule has 2 amide bonds. The number of carbonyl (C=O) groups is 3. The van der Waals surface area contributed by atoms with Crippen LogP contribution in [0.4, 0.5) is 0 Å². The number of carboxylic acid groups (broad SMARTS) is 1. The van der Waals surface area contributed by atoms with Crippen LogP contribution in [0, 0.1) is 5.92 Å². The first-order valence-electron chi connectivity index (χ1n) is 8.15. The molecule has 0 spiro atoms. The SMILES string of the molecule is CC(C)C(NC(=O)Cc1ccccc1)C(=O)NCc1nc(C(=O)O)cs1. The van der Waals surface area contributed by atoms with Gasteiger partial charge in [-0.1, -0.05) is 44.2 Å². The molecule has 26 heavy (non-hydrogen) atoms. The fraction of sp³-hybridized carbons (Fsp3) is 0.333. The molecule has 0 aliphatic heterocycles. The lowest BCUT2D eigenvalue weighted by Gasteiger charge is -2.21. The highest BCUT2D eigenvalue weighted by Gasteiger charge is 2.24. The maximum Gasteiger partial charge on any atom is 0.355 e. The van der Waals surface area contributed by atoms with Crippen LogP contribution in [-0.4, -0.2) is 33.9 Å². The number of thiazole rings is 1. The van der Waals surface area contributed by atoms with E-state index in [0.717, 1.165) is 16.9 Å². The van der Waals surface area contributed by atoms with E-state index in [2.05, 4.69) is 15.6 Å². The molecule has 138 valence electrons. The number of rotatable bonds is 8. The number of aromatic nitrogens is 1. The van der Waals surface area contributed by atoms with E-state index in [1.165, 1.54) is 5.38 Å². The summed E-state index contributed by atoms with van der Waals surface area (Å²) < 4.78 is 0. The van der Waals surface area contributed by atoms with Gasteiger partial charge in [0, 0.05) is 5.38 Å². The highest BCUT2D eigenvalue weighted by molar-refractivity contribution is 7.09. The van der Waals surface area contributed by atoms with Crippen LogP contribution in [0.5, 0.6) is 0 Å². The zero-order valence-electron chi connectivity index (χ0n) is 14.6. The summed E-state index contributed by atoms with van der Waals surface area (Å²) in [5.41, 5.74) is 0.827. The minimum Gasteiger partial charge on any atom is -0.476 e. The van der Waals surface area contributed by atoms with Crippen LogP contribution in [0.2, 0.25) is 0 Å². The second-order valence-corrected chi connectivity index (χ2v) is 7.04. The Morgan fingerprint density at radius 3 is 2.46 bits per heavy atom. The molecule has 1 unspecified atom stereocenters.